The van der Waals surface area contributed by atoms with Crippen LogP contribution in [0.2, 0.25) is 0 Å². The van der Waals surface area contributed by atoms with Crippen molar-refractivity contribution in [3.8, 4) is 11.6 Å². The zero-order chi connectivity index (χ0) is 13.8. The summed E-state index contributed by atoms with van der Waals surface area (Å²) >= 11 is 3.37. The van der Waals surface area contributed by atoms with Crippen molar-refractivity contribution >= 4 is 21.8 Å². The standard InChI is InChI=1S/C14H13BrN2O2/c1-17(2)14(18)10-6-7-13(16-9-10)19-12-5-3-4-11(15)8-12/h3-9H,1-2H3. The summed E-state index contributed by atoms with van der Waals surface area (Å²) in [6.07, 6.45) is 1.51. The highest BCUT2D eigenvalue weighted by Crippen LogP contribution is 2.22. The van der Waals surface area contributed by atoms with Crippen LogP contribution in [-0.2, 0) is 0 Å². The van der Waals surface area contributed by atoms with Crippen molar-refractivity contribution in [3.05, 3.63) is 52.6 Å². The van der Waals surface area contributed by atoms with Crippen LogP contribution >= 0.6 is 15.9 Å². The molecule has 1 amide bonds. The van der Waals surface area contributed by atoms with Gasteiger partial charge in [0.2, 0.25) is 5.88 Å². The molecule has 0 aliphatic heterocycles. The van der Waals surface area contributed by atoms with Gasteiger partial charge in [-0.2, -0.15) is 0 Å². The highest BCUT2D eigenvalue weighted by Gasteiger charge is 2.08. The Hall–Kier alpha value is -1.88. The number of rotatable bonds is 3. The van der Waals surface area contributed by atoms with Gasteiger partial charge in [0.25, 0.3) is 5.91 Å². The van der Waals surface area contributed by atoms with Gasteiger partial charge in [0, 0.05) is 30.8 Å². The van der Waals surface area contributed by atoms with Gasteiger partial charge in [-0.3, -0.25) is 4.79 Å². The molecule has 0 atom stereocenters. The van der Waals surface area contributed by atoms with E-state index in [1.54, 1.807) is 26.2 Å². The number of hydrogen-bond acceptors (Lipinski definition) is 3. The predicted molar refractivity (Wildman–Crippen MR) is 76.5 cm³/mol. The van der Waals surface area contributed by atoms with Gasteiger partial charge in [-0.1, -0.05) is 22.0 Å². The number of pyridine rings is 1. The molecule has 4 nitrogen and oxygen atoms in total. The van der Waals surface area contributed by atoms with Gasteiger partial charge in [-0.05, 0) is 24.3 Å². The molecule has 0 spiro atoms. The van der Waals surface area contributed by atoms with Gasteiger partial charge >= 0.3 is 0 Å². The summed E-state index contributed by atoms with van der Waals surface area (Å²) < 4.78 is 6.52. The van der Waals surface area contributed by atoms with E-state index in [1.807, 2.05) is 24.3 Å². The maximum atomic E-state index is 11.7. The lowest BCUT2D eigenvalue weighted by atomic mass is 10.2. The van der Waals surface area contributed by atoms with Crippen LogP contribution < -0.4 is 4.74 Å². The number of ether oxygens (including phenoxy) is 1. The zero-order valence-corrected chi connectivity index (χ0v) is 12.2. The van der Waals surface area contributed by atoms with Crippen molar-refractivity contribution in [3.63, 3.8) is 0 Å². The molecule has 0 bridgehead atoms. The van der Waals surface area contributed by atoms with Crippen LogP contribution in [-0.4, -0.2) is 29.9 Å². The number of amides is 1. The summed E-state index contributed by atoms with van der Waals surface area (Å²) in [7, 11) is 3.41. The Labute approximate surface area is 120 Å². The Morgan fingerprint density at radius 3 is 2.63 bits per heavy atom. The van der Waals surface area contributed by atoms with Crippen molar-refractivity contribution in [1.82, 2.24) is 9.88 Å². The number of halogens is 1. The van der Waals surface area contributed by atoms with Crippen molar-refractivity contribution in [1.29, 1.82) is 0 Å². The second-order valence-electron chi connectivity index (χ2n) is 4.14. The average molecular weight is 321 g/mol. The van der Waals surface area contributed by atoms with E-state index >= 15 is 0 Å². The van der Waals surface area contributed by atoms with Crippen molar-refractivity contribution in [2.45, 2.75) is 0 Å². The SMILES string of the molecule is CN(C)C(=O)c1ccc(Oc2cccc(Br)c2)nc1. The molecule has 1 heterocycles. The molecule has 1 aromatic heterocycles. The highest BCUT2D eigenvalue weighted by atomic mass is 79.9. The Morgan fingerprint density at radius 1 is 1.26 bits per heavy atom. The highest BCUT2D eigenvalue weighted by molar-refractivity contribution is 9.10. The fourth-order valence-corrected chi connectivity index (χ4v) is 1.85. The maximum Gasteiger partial charge on any atom is 0.254 e. The molecule has 0 radical (unpaired) electrons. The first kappa shape index (κ1) is 13.5. The molecule has 0 saturated heterocycles. The molecular formula is C14H13BrN2O2. The number of aromatic nitrogens is 1. The molecule has 0 unspecified atom stereocenters. The molecular weight excluding hydrogens is 308 g/mol. The average Bonchev–Trinajstić information content (AvgIpc) is 2.39. The fraction of sp³-hybridized carbons (Fsp3) is 0.143. The van der Waals surface area contributed by atoms with Crippen molar-refractivity contribution < 1.29 is 9.53 Å². The van der Waals surface area contributed by atoms with Gasteiger partial charge in [-0.15, -0.1) is 0 Å². The van der Waals surface area contributed by atoms with Gasteiger partial charge in [0.05, 0.1) is 5.56 Å². The topological polar surface area (TPSA) is 42.4 Å². The quantitative estimate of drug-likeness (QED) is 0.871. The van der Waals surface area contributed by atoms with Gasteiger partial charge < -0.3 is 9.64 Å². The lowest BCUT2D eigenvalue weighted by Crippen LogP contribution is -2.21. The zero-order valence-electron chi connectivity index (χ0n) is 10.6. The fourth-order valence-electron chi connectivity index (χ4n) is 1.48. The van der Waals surface area contributed by atoms with E-state index in [0.29, 0.717) is 17.2 Å². The Kier molecular flexibility index (Phi) is 4.16. The first-order valence-corrected chi connectivity index (χ1v) is 6.46. The van der Waals surface area contributed by atoms with Crippen molar-refractivity contribution in [2.75, 3.05) is 14.1 Å². The second-order valence-corrected chi connectivity index (χ2v) is 5.06. The van der Waals surface area contributed by atoms with Crippen LogP contribution in [0.5, 0.6) is 11.6 Å². The molecule has 5 heteroatoms. The minimum absolute atomic E-state index is 0.0819. The molecule has 0 N–H and O–H groups in total. The molecule has 0 fully saturated rings. The molecule has 98 valence electrons. The number of benzene rings is 1. The number of carbonyl (C=O) groups excluding carboxylic acids is 1. The van der Waals surface area contributed by atoms with E-state index in [4.69, 9.17) is 4.74 Å². The molecule has 19 heavy (non-hydrogen) atoms. The summed E-state index contributed by atoms with van der Waals surface area (Å²) in [5.74, 6) is 1.06. The minimum Gasteiger partial charge on any atom is -0.439 e. The molecule has 1 aromatic carbocycles. The van der Waals surface area contributed by atoms with Gasteiger partial charge in [0.1, 0.15) is 5.75 Å². The van der Waals surface area contributed by atoms with Crippen LogP contribution in [0.1, 0.15) is 10.4 Å². The predicted octanol–water partition coefficient (Wildman–Crippen LogP) is 3.34. The Morgan fingerprint density at radius 2 is 2.05 bits per heavy atom. The van der Waals surface area contributed by atoms with Gasteiger partial charge in [-0.25, -0.2) is 4.98 Å². The van der Waals surface area contributed by atoms with E-state index in [1.165, 1.54) is 11.1 Å². The molecule has 0 saturated carbocycles. The smallest absolute Gasteiger partial charge is 0.254 e. The first-order chi connectivity index (χ1) is 9.06. The number of carbonyl (C=O) groups is 1. The first-order valence-electron chi connectivity index (χ1n) is 5.67. The largest absolute Gasteiger partial charge is 0.439 e. The molecule has 2 aromatic rings. The molecule has 0 aliphatic rings. The molecule has 0 aliphatic carbocycles. The number of nitrogens with zero attached hydrogens (tertiary/aromatic N) is 2. The second kappa shape index (κ2) is 5.84. The van der Waals surface area contributed by atoms with E-state index in [-0.39, 0.29) is 5.91 Å². The lowest BCUT2D eigenvalue weighted by Gasteiger charge is -2.10. The van der Waals surface area contributed by atoms with Crippen LogP contribution in [0.15, 0.2) is 47.1 Å². The van der Waals surface area contributed by atoms with E-state index in [0.717, 1.165) is 4.47 Å². The van der Waals surface area contributed by atoms with Crippen molar-refractivity contribution in [2.24, 2.45) is 0 Å². The minimum atomic E-state index is -0.0819. The van der Waals surface area contributed by atoms with Gasteiger partial charge in [0.15, 0.2) is 0 Å². The number of hydrogen-bond donors (Lipinski definition) is 0. The third-order valence-electron chi connectivity index (χ3n) is 2.41. The van der Waals surface area contributed by atoms with E-state index in [9.17, 15) is 4.79 Å². The monoisotopic (exact) mass is 320 g/mol. The lowest BCUT2D eigenvalue weighted by molar-refractivity contribution is 0.0827. The van der Waals surface area contributed by atoms with E-state index in [2.05, 4.69) is 20.9 Å². The van der Waals surface area contributed by atoms with Crippen LogP contribution in [0.25, 0.3) is 0 Å². The Balaban J connectivity index is 2.13. The third kappa shape index (κ3) is 3.54. The summed E-state index contributed by atoms with van der Waals surface area (Å²) in [4.78, 5) is 17.3. The summed E-state index contributed by atoms with van der Waals surface area (Å²) in [6.45, 7) is 0. The third-order valence-corrected chi connectivity index (χ3v) is 2.90. The Bertz CT molecular complexity index is 582. The van der Waals surface area contributed by atoms with Crippen LogP contribution in [0.3, 0.4) is 0 Å². The summed E-state index contributed by atoms with van der Waals surface area (Å²) in [5.41, 5.74) is 0.534. The normalized spacial score (nSPS) is 10.1. The maximum absolute atomic E-state index is 11.7. The summed E-state index contributed by atoms with van der Waals surface area (Å²) in [6, 6.07) is 10.9. The van der Waals surface area contributed by atoms with E-state index < -0.39 is 0 Å². The summed E-state index contributed by atoms with van der Waals surface area (Å²) in [5, 5.41) is 0. The molecule has 2 rings (SSSR count). The van der Waals surface area contributed by atoms with Crippen LogP contribution in [0.4, 0.5) is 0 Å². The van der Waals surface area contributed by atoms with Crippen LogP contribution in [0, 0.1) is 0 Å².